The molecule has 3 rings (SSSR count). The summed E-state index contributed by atoms with van der Waals surface area (Å²) in [5, 5.41) is 1.34. The van der Waals surface area contributed by atoms with Gasteiger partial charge in [0, 0.05) is 10.9 Å². The fourth-order valence-corrected chi connectivity index (χ4v) is 3.33. The third-order valence-corrected chi connectivity index (χ3v) is 4.77. The first-order chi connectivity index (χ1) is 14.0. The summed E-state index contributed by atoms with van der Waals surface area (Å²) in [4.78, 5) is 12.4. The van der Waals surface area contributed by atoms with E-state index in [0.29, 0.717) is 40.4 Å². The number of rotatable bonds is 7. The minimum absolute atomic E-state index is 0.258. The van der Waals surface area contributed by atoms with Gasteiger partial charge in [0.2, 0.25) is 0 Å². The van der Waals surface area contributed by atoms with Gasteiger partial charge in [-0.3, -0.25) is 0 Å². The third-order valence-electron chi connectivity index (χ3n) is 4.77. The lowest BCUT2D eigenvalue weighted by atomic mass is 9.99. The monoisotopic (exact) mass is 396 g/mol. The Morgan fingerprint density at radius 2 is 1.55 bits per heavy atom. The number of benzene rings is 3. The van der Waals surface area contributed by atoms with E-state index in [1.807, 2.05) is 43.3 Å². The number of carbonyl (C=O) groups excluding carboxylic acids is 1. The first-order valence-electron chi connectivity index (χ1n) is 9.07. The average Bonchev–Trinajstić information content (AvgIpc) is 2.77. The Balaban J connectivity index is 2.30. The minimum atomic E-state index is -0.524. The Morgan fingerprint density at radius 3 is 2.14 bits per heavy atom. The largest absolute Gasteiger partial charge is 0.496 e. The van der Waals surface area contributed by atoms with E-state index in [2.05, 4.69) is 0 Å². The first kappa shape index (κ1) is 20.3. The Hall–Kier alpha value is -3.41. The molecule has 0 N–H and O–H groups in total. The van der Waals surface area contributed by atoms with Crippen molar-refractivity contribution in [3.63, 3.8) is 0 Å². The number of methoxy groups -OCH3 is 4. The van der Waals surface area contributed by atoms with Crippen LogP contribution in [-0.2, 0) is 11.3 Å². The van der Waals surface area contributed by atoms with Gasteiger partial charge in [0.05, 0.1) is 33.8 Å². The van der Waals surface area contributed by atoms with Crippen LogP contribution in [0.1, 0.15) is 21.5 Å². The maximum atomic E-state index is 12.4. The van der Waals surface area contributed by atoms with E-state index >= 15 is 0 Å². The fraction of sp³-hybridized carbons (Fsp3) is 0.261. The molecule has 29 heavy (non-hydrogen) atoms. The van der Waals surface area contributed by atoms with Crippen molar-refractivity contribution >= 4 is 16.7 Å². The lowest BCUT2D eigenvalue weighted by molar-refractivity contribution is 0.0597. The molecular weight excluding hydrogens is 372 g/mol. The van der Waals surface area contributed by atoms with Crippen LogP contribution in [0.3, 0.4) is 0 Å². The van der Waals surface area contributed by atoms with Crippen molar-refractivity contribution in [2.24, 2.45) is 0 Å². The second-order valence-corrected chi connectivity index (χ2v) is 6.38. The molecule has 0 fully saturated rings. The van der Waals surface area contributed by atoms with Crippen molar-refractivity contribution in [1.29, 1.82) is 0 Å². The quantitative estimate of drug-likeness (QED) is 0.547. The molecule has 6 heteroatoms. The van der Waals surface area contributed by atoms with E-state index in [1.165, 1.54) is 14.2 Å². The molecule has 0 aliphatic heterocycles. The van der Waals surface area contributed by atoms with Gasteiger partial charge in [-0.1, -0.05) is 30.3 Å². The maximum absolute atomic E-state index is 12.4. The zero-order chi connectivity index (χ0) is 21.0. The maximum Gasteiger partial charge on any atom is 0.341 e. The summed E-state index contributed by atoms with van der Waals surface area (Å²) < 4.78 is 27.9. The van der Waals surface area contributed by atoms with Crippen molar-refractivity contribution < 1.29 is 28.5 Å². The molecule has 0 aliphatic rings. The van der Waals surface area contributed by atoms with Crippen LogP contribution in [0.4, 0.5) is 0 Å². The standard InChI is InChI=1S/C23H24O6/c1-14-18(25-2)11-16-19(26-3)12-17(23(24)28-5)22(27-4)20(16)21(14)29-13-15-9-7-6-8-10-15/h6-12H,13H2,1-5H3. The fourth-order valence-electron chi connectivity index (χ4n) is 3.33. The summed E-state index contributed by atoms with van der Waals surface area (Å²) in [7, 11) is 5.97. The molecule has 6 nitrogen and oxygen atoms in total. The average molecular weight is 396 g/mol. The summed E-state index contributed by atoms with van der Waals surface area (Å²) in [6, 6.07) is 13.3. The SMILES string of the molecule is COC(=O)c1cc(OC)c2cc(OC)c(C)c(OCc3ccccc3)c2c1OC. The zero-order valence-electron chi connectivity index (χ0n) is 17.2. The van der Waals surface area contributed by atoms with Crippen molar-refractivity contribution in [2.75, 3.05) is 28.4 Å². The molecule has 152 valence electrons. The van der Waals surface area contributed by atoms with E-state index in [1.54, 1.807) is 20.3 Å². The van der Waals surface area contributed by atoms with Crippen LogP contribution in [-0.4, -0.2) is 34.4 Å². The number of carbonyl (C=O) groups is 1. The Kier molecular flexibility index (Phi) is 6.12. The molecule has 0 saturated carbocycles. The van der Waals surface area contributed by atoms with E-state index in [-0.39, 0.29) is 5.56 Å². The lowest BCUT2D eigenvalue weighted by Crippen LogP contribution is -2.07. The van der Waals surface area contributed by atoms with Crippen LogP contribution in [0, 0.1) is 6.92 Å². The molecular formula is C23H24O6. The highest BCUT2D eigenvalue weighted by molar-refractivity contribution is 6.07. The normalized spacial score (nSPS) is 10.5. The van der Waals surface area contributed by atoms with Crippen LogP contribution in [0.5, 0.6) is 23.0 Å². The third kappa shape index (κ3) is 3.78. The van der Waals surface area contributed by atoms with E-state index in [4.69, 9.17) is 23.7 Å². The predicted octanol–water partition coefficient (Wildman–Crippen LogP) is 4.54. The summed E-state index contributed by atoms with van der Waals surface area (Å²) in [6.45, 7) is 2.24. The second kappa shape index (κ2) is 8.73. The molecule has 0 radical (unpaired) electrons. The highest BCUT2D eigenvalue weighted by Gasteiger charge is 2.25. The first-order valence-corrected chi connectivity index (χ1v) is 9.07. The van der Waals surface area contributed by atoms with Gasteiger partial charge in [-0.05, 0) is 24.6 Å². The Morgan fingerprint density at radius 1 is 0.862 bits per heavy atom. The Labute approximate surface area is 169 Å². The molecule has 0 amide bonds. The van der Waals surface area contributed by atoms with Gasteiger partial charge < -0.3 is 23.7 Å². The van der Waals surface area contributed by atoms with Crippen LogP contribution in [0.15, 0.2) is 42.5 Å². The minimum Gasteiger partial charge on any atom is -0.496 e. The summed E-state index contributed by atoms with van der Waals surface area (Å²) in [6.07, 6.45) is 0. The highest BCUT2D eigenvalue weighted by Crippen LogP contribution is 2.47. The molecule has 0 bridgehead atoms. The topological polar surface area (TPSA) is 63.2 Å². The summed E-state index contributed by atoms with van der Waals surface area (Å²) in [5.41, 5.74) is 2.06. The Bertz CT molecular complexity index is 1030. The van der Waals surface area contributed by atoms with E-state index in [9.17, 15) is 4.79 Å². The van der Waals surface area contributed by atoms with Gasteiger partial charge >= 0.3 is 5.97 Å². The predicted molar refractivity (Wildman–Crippen MR) is 110 cm³/mol. The van der Waals surface area contributed by atoms with Crippen LogP contribution in [0.2, 0.25) is 0 Å². The number of fused-ring (bicyclic) bond motifs is 1. The van der Waals surface area contributed by atoms with Crippen molar-refractivity contribution in [2.45, 2.75) is 13.5 Å². The van der Waals surface area contributed by atoms with Gasteiger partial charge in [-0.2, -0.15) is 0 Å². The molecule has 0 atom stereocenters. The van der Waals surface area contributed by atoms with Gasteiger partial charge in [0.15, 0.2) is 0 Å². The number of esters is 1. The van der Waals surface area contributed by atoms with E-state index < -0.39 is 5.97 Å². The molecule has 0 spiro atoms. The lowest BCUT2D eigenvalue weighted by Gasteiger charge is -2.20. The van der Waals surface area contributed by atoms with Crippen molar-refractivity contribution in [3.8, 4) is 23.0 Å². The number of hydrogen-bond donors (Lipinski definition) is 0. The number of ether oxygens (including phenoxy) is 5. The molecule has 0 heterocycles. The second-order valence-electron chi connectivity index (χ2n) is 6.38. The molecule has 3 aromatic carbocycles. The molecule has 0 unspecified atom stereocenters. The highest BCUT2D eigenvalue weighted by atomic mass is 16.5. The van der Waals surface area contributed by atoms with Gasteiger partial charge in [0.1, 0.15) is 35.2 Å². The number of hydrogen-bond acceptors (Lipinski definition) is 6. The van der Waals surface area contributed by atoms with Gasteiger partial charge in [-0.25, -0.2) is 4.79 Å². The van der Waals surface area contributed by atoms with Crippen LogP contribution in [0.25, 0.3) is 10.8 Å². The summed E-state index contributed by atoms with van der Waals surface area (Å²) in [5.74, 6) is 1.53. The molecule has 0 aromatic heterocycles. The summed E-state index contributed by atoms with van der Waals surface area (Å²) >= 11 is 0. The molecule has 3 aromatic rings. The molecule has 0 saturated heterocycles. The van der Waals surface area contributed by atoms with Crippen LogP contribution < -0.4 is 18.9 Å². The van der Waals surface area contributed by atoms with E-state index in [0.717, 1.165) is 11.1 Å². The smallest absolute Gasteiger partial charge is 0.341 e. The molecule has 0 aliphatic carbocycles. The van der Waals surface area contributed by atoms with Crippen molar-refractivity contribution in [1.82, 2.24) is 0 Å². The zero-order valence-corrected chi connectivity index (χ0v) is 17.2. The van der Waals surface area contributed by atoms with Gasteiger partial charge in [-0.15, -0.1) is 0 Å². The van der Waals surface area contributed by atoms with Crippen LogP contribution >= 0.6 is 0 Å². The van der Waals surface area contributed by atoms with Gasteiger partial charge in [0.25, 0.3) is 0 Å². The van der Waals surface area contributed by atoms with Crippen molar-refractivity contribution in [3.05, 3.63) is 59.2 Å².